The highest BCUT2D eigenvalue weighted by Gasteiger charge is 2.20. The number of thiocarbonyl (C=S) groups is 1. The lowest BCUT2D eigenvalue weighted by molar-refractivity contribution is 0.300. The molecule has 2 N–H and O–H groups in total. The maximum atomic E-state index is 5.94. The zero-order valence-electron chi connectivity index (χ0n) is 12.3. The minimum absolute atomic E-state index is 0.425. The number of fused-ring (bicyclic) bond motifs is 1. The van der Waals surface area contributed by atoms with Crippen molar-refractivity contribution in [2.45, 2.75) is 19.4 Å². The Morgan fingerprint density at radius 1 is 1.64 bits per heavy atom. The molecule has 3 rings (SSSR count). The topological polar surface area (TPSA) is 61.8 Å². The standard InChI is InChI=1S/C14H18ClN5OS/c1-9-8-20(4-3-16-9)14(22)19-18-11-2-5-21-12-6-10(15)7-17-13(11)12/h6-7,9,16H,2-5,8H2,1H3,(H,19,22)/b18-11-. The first kappa shape index (κ1) is 15.5. The van der Waals surface area contributed by atoms with E-state index in [2.05, 4.69) is 32.7 Å². The highest BCUT2D eigenvalue weighted by molar-refractivity contribution is 7.80. The number of halogens is 1. The number of hydrazone groups is 1. The average molecular weight is 340 g/mol. The summed E-state index contributed by atoms with van der Waals surface area (Å²) in [5, 5.41) is 9.01. The van der Waals surface area contributed by atoms with Crippen LogP contribution in [-0.2, 0) is 0 Å². The van der Waals surface area contributed by atoms with Crippen molar-refractivity contribution in [2.24, 2.45) is 5.10 Å². The van der Waals surface area contributed by atoms with E-state index in [0.29, 0.717) is 35.0 Å². The quantitative estimate of drug-likeness (QED) is 0.595. The lowest BCUT2D eigenvalue weighted by atomic mass is 10.1. The zero-order chi connectivity index (χ0) is 15.5. The van der Waals surface area contributed by atoms with Gasteiger partial charge in [-0.2, -0.15) is 5.10 Å². The minimum atomic E-state index is 0.425. The summed E-state index contributed by atoms with van der Waals surface area (Å²) < 4.78 is 5.56. The predicted molar refractivity (Wildman–Crippen MR) is 90.7 cm³/mol. The van der Waals surface area contributed by atoms with Gasteiger partial charge in [-0.15, -0.1) is 0 Å². The normalized spacial score (nSPS) is 22.9. The third kappa shape index (κ3) is 3.48. The van der Waals surface area contributed by atoms with Crippen LogP contribution in [0.2, 0.25) is 5.02 Å². The molecule has 0 aliphatic carbocycles. The molecule has 0 aromatic carbocycles. The van der Waals surface area contributed by atoms with Gasteiger partial charge in [0.2, 0.25) is 0 Å². The van der Waals surface area contributed by atoms with Crippen molar-refractivity contribution in [3.63, 3.8) is 0 Å². The molecule has 0 spiro atoms. The van der Waals surface area contributed by atoms with Crippen molar-refractivity contribution >= 4 is 34.6 Å². The number of piperazine rings is 1. The van der Waals surface area contributed by atoms with Gasteiger partial charge in [0.05, 0.1) is 17.3 Å². The molecule has 1 fully saturated rings. The first-order valence-electron chi connectivity index (χ1n) is 7.27. The SMILES string of the molecule is CC1CN(C(=S)N/N=C2/CCOc3cc(Cl)cnc32)CCN1. The highest BCUT2D eigenvalue weighted by Crippen LogP contribution is 2.25. The summed E-state index contributed by atoms with van der Waals surface area (Å²) >= 11 is 11.4. The molecule has 0 radical (unpaired) electrons. The van der Waals surface area contributed by atoms with Gasteiger partial charge in [-0.1, -0.05) is 11.6 Å². The van der Waals surface area contributed by atoms with Crippen molar-refractivity contribution in [1.29, 1.82) is 0 Å². The lowest BCUT2D eigenvalue weighted by Crippen LogP contribution is -2.53. The summed E-state index contributed by atoms with van der Waals surface area (Å²) in [6, 6.07) is 2.18. The largest absolute Gasteiger partial charge is 0.491 e. The Hall–Kier alpha value is -1.44. The van der Waals surface area contributed by atoms with Crippen molar-refractivity contribution < 1.29 is 4.74 Å². The number of hydrogen-bond donors (Lipinski definition) is 2. The summed E-state index contributed by atoms with van der Waals surface area (Å²) in [5.41, 5.74) is 4.55. The number of hydrogen-bond acceptors (Lipinski definition) is 5. The molecule has 2 aliphatic rings. The highest BCUT2D eigenvalue weighted by atomic mass is 35.5. The van der Waals surface area contributed by atoms with Gasteiger partial charge in [-0.25, -0.2) is 4.98 Å². The van der Waals surface area contributed by atoms with E-state index in [1.807, 2.05) is 0 Å². The Morgan fingerprint density at radius 2 is 2.50 bits per heavy atom. The van der Waals surface area contributed by atoms with Gasteiger partial charge < -0.3 is 15.0 Å². The number of nitrogens with one attached hydrogen (secondary N) is 2. The van der Waals surface area contributed by atoms with E-state index in [1.54, 1.807) is 12.3 Å². The van der Waals surface area contributed by atoms with Gasteiger partial charge in [0.1, 0.15) is 11.4 Å². The summed E-state index contributed by atoms with van der Waals surface area (Å²) in [5.74, 6) is 0.668. The van der Waals surface area contributed by atoms with E-state index in [-0.39, 0.29) is 0 Å². The number of pyridine rings is 1. The smallest absolute Gasteiger partial charge is 0.189 e. The van der Waals surface area contributed by atoms with Crippen LogP contribution in [0.4, 0.5) is 0 Å². The van der Waals surface area contributed by atoms with Crippen LogP contribution < -0.4 is 15.5 Å². The van der Waals surface area contributed by atoms with E-state index in [4.69, 9.17) is 28.6 Å². The van der Waals surface area contributed by atoms with E-state index in [9.17, 15) is 0 Å². The summed E-state index contributed by atoms with van der Waals surface area (Å²) in [4.78, 5) is 6.43. The Bertz CT molecular complexity index is 609. The number of ether oxygens (including phenoxy) is 1. The van der Waals surface area contributed by atoms with Crippen molar-refractivity contribution in [1.82, 2.24) is 20.6 Å². The molecule has 6 nitrogen and oxygen atoms in total. The van der Waals surface area contributed by atoms with E-state index < -0.39 is 0 Å². The van der Waals surface area contributed by atoms with Crippen molar-refractivity contribution in [3.05, 3.63) is 23.0 Å². The van der Waals surface area contributed by atoms with Crippen LogP contribution in [0.15, 0.2) is 17.4 Å². The van der Waals surface area contributed by atoms with Crippen LogP contribution in [0.1, 0.15) is 19.0 Å². The molecule has 22 heavy (non-hydrogen) atoms. The Labute approximate surface area is 139 Å². The Balaban J connectivity index is 1.70. The molecule has 1 aromatic rings. The van der Waals surface area contributed by atoms with Crippen LogP contribution in [0, 0.1) is 0 Å². The second-order valence-electron chi connectivity index (χ2n) is 5.38. The minimum Gasteiger partial charge on any atom is -0.491 e. The van der Waals surface area contributed by atoms with Gasteiger partial charge in [-0.3, -0.25) is 5.43 Å². The van der Waals surface area contributed by atoms with Gasteiger partial charge >= 0.3 is 0 Å². The molecule has 1 unspecified atom stereocenters. The monoisotopic (exact) mass is 339 g/mol. The van der Waals surface area contributed by atoms with Gasteiger partial charge in [-0.05, 0) is 19.1 Å². The second-order valence-corrected chi connectivity index (χ2v) is 6.20. The Kier molecular flexibility index (Phi) is 4.75. The van der Waals surface area contributed by atoms with Crippen molar-refractivity contribution in [2.75, 3.05) is 26.2 Å². The molecule has 1 atom stereocenters. The van der Waals surface area contributed by atoms with Crippen LogP contribution in [0.25, 0.3) is 0 Å². The van der Waals surface area contributed by atoms with Crippen LogP contribution in [-0.4, -0.2) is 53.0 Å². The number of aromatic nitrogens is 1. The average Bonchev–Trinajstić information content (AvgIpc) is 2.52. The molecule has 0 saturated carbocycles. The third-order valence-electron chi connectivity index (χ3n) is 3.63. The Morgan fingerprint density at radius 3 is 3.32 bits per heavy atom. The number of nitrogens with zero attached hydrogens (tertiary/aromatic N) is 3. The second kappa shape index (κ2) is 6.76. The van der Waals surface area contributed by atoms with Crippen LogP contribution >= 0.6 is 23.8 Å². The van der Waals surface area contributed by atoms with Crippen molar-refractivity contribution in [3.8, 4) is 5.75 Å². The number of rotatable bonds is 1. The third-order valence-corrected chi connectivity index (χ3v) is 4.19. The summed E-state index contributed by atoms with van der Waals surface area (Å²) in [6.07, 6.45) is 2.29. The molecule has 2 aliphatic heterocycles. The van der Waals surface area contributed by atoms with Crippen LogP contribution in [0.3, 0.4) is 0 Å². The molecule has 8 heteroatoms. The molecule has 0 bridgehead atoms. The summed E-state index contributed by atoms with van der Waals surface area (Å²) in [6.45, 7) is 5.39. The molecular weight excluding hydrogens is 322 g/mol. The van der Waals surface area contributed by atoms with Crippen LogP contribution in [0.5, 0.6) is 5.75 Å². The molecule has 0 amide bonds. The molecule has 1 saturated heterocycles. The van der Waals surface area contributed by atoms with Gasteiger partial charge in [0.15, 0.2) is 5.11 Å². The molecule has 3 heterocycles. The fourth-order valence-corrected chi connectivity index (χ4v) is 2.89. The molecule has 1 aromatic heterocycles. The maximum absolute atomic E-state index is 5.94. The summed E-state index contributed by atoms with van der Waals surface area (Å²) in [7, 11) is 0. The van der Waals surface area contributed by atoms with E-state index in [0.717, 1.165) is 31.0 Å². The zero-order valence-corrected chi connectivity index (χ0v) is 13.9. The van der Waals surface area contributed by atoms with Gasteiger partial charge in [0, 0.05) is 44.4 Å². The fourth-order valence-electron chi connectivity index (χ4n) is 2.54. The first-order chi connectivity index (χ1) is 10.6. The van der Waals surface area contributed by atoms with E-state index in [1.165, 1.54) is 0 Å². The van der Waals surface area contributed by atoms with Gasteiger partial charge in [0.25, 0.3) is 0 Å². The molecular formula is C14H18ClN5OS. The fraction of sp³-hybridized carbons (Fsp3) is 0.500. The van der Waals surface area contributed by atoms with E-state index >= 15 is 0 Å². The predicted octanol–water partition coefficient (Wildman–Crippen LogP) is 1.39. The molecule has 118 valence electrons. The first-order valence-corrected chi connectivity index (χ1v) is 8.05. The lowest BCUT2D eigenvalue weighted by Gasteiger charge is -2.33. The maximum Gasteiger partial charge on any atom is 0.189 e.